The molecule has 0 bridgehead atoms. The largest absolute Gasteiger partial charge is 0.426 e. The maximum atomic E-state index is 11.6. The second-order valence-electron chi connectivity index (χ2n) is 3.67. The molecule has 0 aliphatic rings. The van der Waals surface area contributed by atoms with Crippen molar-refractivity contribution in [2.75, 3.05) is 0 Å². The second kappa shape index (κ2) is 4.33. The van der Waals surface area contributed by atoms with Gasteiger partial charge in [-0.15, -0.1) is 0 Å². The molecule has 0 radical (unpaired) electrons. The Hall–Kier alpha value is -2.63. The molecule has 0 aliphatic carbocycles. The minimum absolute atomic E-state index is 0.0920. The van der Waals surface area contributed by atoms with Gasteiger partial charge in [0.1, 0.15) is 5.75 Å². The zero-order valence-electron chi connectivity index (χ0n) is 9.52. The highest BCUT2D eigenvalue weighted by molar-refractivity contribution is 6.44. The van der Waals surface area contributed by atoms with E-state index in [0.717, 1.165) is 0 Å². The van der Waals surface area contributed by atoms with Crippen LogP contribution < -0.4 is 10.5 Å². The lowest BCUT2D eigenvalue weighted by Gasteiger charge is -2.04. The molecule has 18 heavy (non-hydrogen) atoms. The number of aromatic nitrogens is 1. The van der Waals surface area contributed by atoms with Crippen LogP contribution in [0.4, 0.5) is 0 Å². The van der Waals surface area contributed by atoms with Crippen LogP contribution in [0.2, 0.25) is 0 Å². The Labute approximate surface area is 102 Å². The van der Waals surface area contributed by atoms with Gasteiger partial charge in [0.2, 0.25) is 0 Å². The van der Waals surface area contributed by atoms with Gasteiger partial charge in [-0.25, -0.2) is 0 Å². The molecule has 1 aromatic heterocycles. The first-order valence-electron chi connectivity index (χ1n) is 5.13. The number of primary amides is 1. The van der Waals surface area contributed by atoms with Crippen LogP contribution in [-0.2, 0) is 9.59 Å². The third-order valence-electron chi connectivity index (χ3n) is 2.39. The first-order valence-corrected chi connectivity index (χ1v) is 5.13. The molecule has 0 atom stereocenters. The lowest BCUT2D eigenvalue weighted by atomic mass is 10.1. The number of aromatic amines is 1. The number of hydrogen-bond donors (Lipinski definition) is 2. The van der Waals surface area contributed by atoms with E-state index in [2.05, 4.69) is 4.98 Å². The average Bonchev–Trinajstić information content (AvgIpc) is 2.72. The summed E-state index contributed by atoms with van der Waals surface area (Å²) in [6.45, 7) is 1.25. The zero-order valence-corrected chi connectivity index (χ0v) is 9.52. The molecule has 6 heteroatoms. The first kappa shape index (κ1) is 11.8. The monoisotopic (exact) mass is 246 g/mol. The Morgan fingerprint density at radius 1 is 1.28 bits per heavy atom. The Bertz CT molecular complexity index is 657. The van der Waals surface area contributed by atoms with Crippen LogP contribution in [0.15, 0.2) is 24.4 Å². The predicted molar refractivity (Wildman–Crippen MR) is 63.1 cm³/mol. The van der Waals surface area contributed by atoms with E-state index in [9.17, 15) is 14.4 Å². The standard InChI is InChI=1S/C12H10N2O4/c1-6(15)18-9-4-2-3-8-10(9)7(5-14-8)11(16)12(13)17/h2-5,14H,1H3,(H2,13,17). The number of H-pyrrole nitrogens is 1. The zero-order chi connectivity index (χ0) is 13.3. The van der Waals surface area contributed by atoms with Crippen molar-refractivity contribution in [3.63, 3.8) is 0 Å². The van der Waals surface area contributed by atoms with Crippen molar-refractivity contribution in [3.05, 3.63) is 30.0 Å². The van der Waals surface area contributed by atoms with E-state index >= 15 is 0 Å². The van der Waals surface area contributed by atoms with Gasteiger partial charge in [0.05, 0.1) is 10.9 Å². The molecule has 1 aromatic carbocycles. The van der Waals surface area contributed by atoms with Crippen LogP contribution in [0.5, 0.6) is 5.75 Å². The third-order valence-corrected chi connectivity index (χ3v) is 2.39. The molecule has 6 nitrogen and oxygen atoms in total. The van der Waals surface area contributed by atoms with E-state index in [1.165, 1.54) is 19.2 Å². The summed E-state index contributed by atoms with van der Waals surface area (Å²) >= 11 is 0. The average molecular weight is 246 g/mol. The van der Waals surface area contributed by atoms with Gasteiger partial charge in [0, 0.05) is 18.6 Å². The molecule has 0 aliphatic heterocycles. The van der Waals surface area contributed by atoms with E-state index in [0.29, 0.717) is 10.9 Å². The minimum Gasteiger partial charge on any atom is -0.426 e. The molecule has 2 rings (SSSR count). The highest BCUT2D eigenvalue weighted by atomic mass is 16.5. The molecule has 2 aromatic rings. The van der Waals surface area contributed by atoms with Crippen molar-refractivity contribution in [3.8, 4) is 5.75 Å². The summed E-state index contributed by atoms with van der Waals surface area (Å²) in [4.78, 5) is 36.4. The van der Waals surface area contributed by atoms with E-state index in [4.69, 9.17) is 10.5 Å². The maximum absolute atomic E-state index is 11.6. The summed E-state index contributed by atoms with van der Waals surface area (Å²) in [6, 6.07) is 4.89. The smallest absolute Gasteiger partial charge is 0.308 e. The number of carbonyl (C=O) groups excluding carboxylic acids is 3. The lowest BCUT2D eigenvalue weighted by molar-refractivity contribution is -0.131. The predicted octanol–water partition coefficient (Wildman–Crippen LogP) is 0.761. The molecule has 3 N–H and O–H groups in total. The van der Waals surface area contributed by atoms with Crippen molar-refractivity contribution in [2.45, 2.75) is 6.92 Å². The second-order valence-corrected chi connectivity index (χ2v) is 3.67. The summed E-state index contributed by atoms with van der Waals surface area (Å²) in [5.41, 5.74) is 5.63. The van der Waals surface area contributed by atoms with E-state index in [-0.39, 0.29) is 11.3 Å². The highest BCUT2D eigenvalue weighted by Crippen LogP contribution is 2.29. The van der Waals surface area contributed by atoms with Gasteiger partial charge in [0.15, 0.2) is 0 Å². The van der Waals surface area contributed by atoms with Crippen LogP contribution in [0.25, 0.3) is 10.9 Å². The Kier molecular flexibility index (Phi) is 2.85. The number of carbonyl (C=O) groups is 3. The number of benzene rings is 1. The molecule has 0 saturated heterocycles. The summed E-state index contributed by atoms with van der Waals surface area (Å²) in [6.07, 6.45) is 1.37. The molecule has 1 heterocycles. The number of ether oxygens (including phenoxy) is 1. The number of rotatable bonds is 3. The molecular formula is C12H10N2O4. The van der Waals surface area contributed by atoms with Gasteiger partial charge >= 0.3 is 5.97 Å². The molecule has 0 saturated carbocycles. The number of amides is 1. The van der Waals surface area contributed by atoms with Gasteiger partial charge in [-0.05, 0) is 12.1 Å². The Morgan fingerprint density at radius 3 is 2.61 bits per heavy atom. The highest BCUT2D eigenvalue weighted by Gasteiger charge is 2.20. The molecule has 92 valence electrons. The number of fused-ring (bicyclic) bond motifs is 1. The van der Waals surface area contributed by atoms with Gasteiger partial charge in [-0.2, -0.15) is 0 Å². The fourth-order valence-electron chi connectivity index (χ4n) is 1.70. The van der Waals surface area contributed by atoms with Crippen LogP contribution >= 0.6 is 0 Å². The normalized spacial score (nSPS) is 10.3. The summed E-state index contributed by atoms with van der Waals surface area (Å²) in [5, 5.41) is 0.372. The van der Waals surface area contributed by atoms with Crippen molar-refractivity contribution in [1.29, 1.82) is 0 Å². The number of esters is 1. The maximum Gasteiger partial charge on any atom is 0.308 e. The fourth-order valence-corrected chi connectivity index (χ4v) is 1.70. The van der Waals surface area contributed by atoms with Gasteiger partial charge in [-0.1, -0.05) is 6.07 Å². The quantitative estimate of drug-likeness (QED) is 0.361. The van der Waals surface area contributed by atoms with E-state index < -0.39 is 17.7 Å². The molecule has 0 spiro atoms. The van der Waals surface area contributed by atoms with Gasteiger partial charge < -0.3 is 15.5 Å². The SMILES string of the molecule is CC(=O)Oc1cccc2[nH]cc(C(=O)C(N)=O)c12. The third kappa shape index (κ3) is 1.95. The molecule has 0 unspecified atom stereocenters. The topological polar surface area (TPSA) is 102 Å². The number of Topliss-reactive ketones (excluding diaryl/α,β-unsaturated/α-hetero) is 1. The molecule has 0 fully saturated rings. The Morgan fingerprint density at radius 2 is 2.00 bits per heavy atom. The van der Waals surface area contributed by atoms with Crippen LogP contribution in [0.3, 0.4) is 0 Å². The van der Waals surface area contributed by atoms with Crippen molar-refractivity contribution in [2.24, 2.45) is 5.73 Å². The van der Waals surface area contributed by atoms with Crippen molar-refractivity contribution < 1.29 is 19.1 Å². The number of nitrogens with one attached hydrogen (secondary N) is 1. The van der Waals surface area contributed by atoms with E-state index in [1.807, 2.05) is 0 Å². The molecular weight excluding hydrogens is 236 g/mol. The Balaban J connectivity index is 2.65. The fraction of sp³-hybridized carbons (Fsp3) is 0.0833. The first-order chi connectivity index (χ1) is 8.50. The minimum atomic E-state index is -1.06. The lowest BCUT2D eigenvalue weighted by Crippen LogP contribution is -2.22. The van der Waals surface area contributed by atoms with E-state index in [1.54, 1.807) is 12.1 Å². The van der Waals surface area contributed by atoms with Crippen LogP contribution in [0.1, 0.15) is 17.3 Å². The number of nitrogens with two attached hydrogens (primary N) is 1. The molecule has 1 amide bonds. The van der Waals surface area contributed by atoms with Crippen molar-refractivity contribution in [1.82, 2.24) is 4.98 Å². The summed E-state index contributed by atoms with van der Waals surface area (Å²) in [5.74, 6) is -2.19. The summed E-state index contributed by atoms with van der Waals surface area (Å²) < 4.78 is 4.99. The van der Waals surface area contributed by atoms with Gasteiger partial charge in [0.25, 0.3) is 11.7 Å². The summed E-state index contributed by atoms with van der Waals surface area (Å²) in [7, 11) is 0. The van der Waals surface area contributed by atoms with Crippen molar-refractivity contribution >= 4 is 28.6 Å². The van der Waals surface area contributed by atoms with Gasteiger partial charge in [-0.3, -0.25) is 14.4 Å². The van der Waals surface area contributed by atoms with Crippen LogP contribution in [-0.4, -0.2) is 22.6 Å². The van der Waals surface area contributed by atoms with Crippen LogP contribution in [0, 0.1) is 0 Å². The number of hydrogen-bond acceptors (Lipinski definition) is 4. The number of ketones is 1.